The molecular weight excluding hydrogens is 288 g/mol. The van der Waals surface area contributed by atoms with Gasteiger partial charge in [-0.15, -0.1) is 0 Å². The predicted octanol–water partition coefficient (Wildman–Crippen LogP) is 1.18. The van der Waals surface area contributed by atoms with Gasteiger partial charge in [0, 0.05) is 6.04 Å². The second-order valence-corrected chi connectivity index (χ2v) is 7.70. The summed E-state index contributed by atoms with van der Waals surface area (Å²) in [5.74, 6) is 0.136. The number of aliphatic hydroxyl groups is 1. The third-order valence-corrected chi connectivity index (χ3v) is 5.30. The van der Waals surface area contributed by atoms with E-state index in [4.69, 9.17) is 5.73 Å². The molecule has 0 aliphatic rings. The highest BCUT2D eigenvalue weighted by molar-refractivity contribution is 7.91. The Kier molecular flexibility index (Phi) is 6.80. The van der Waals surface area contributed by atoms with Gasteiger partial charge in [0.2, 0.25) is 0 Å². The molecule has 1 rings (SSSR count). The van der Waals surface area contributed by atoms with Gasteiger partial charge in [0.15, 0.2) is 9.84 Å². The van der Waals surface area contributed by atoms with Crippen LogP contribution in [-0.4, -0.2) is 50.9 Å². The molecule has 3 N–H and O–H groups in total. The van der Waals surface area contributed by atoms with Gasteiger partial charge in [-0.1, -0.05) is 19.1 Å². The van der Waals surface area contributed by atoms with Gasteiger partial charge in [0.25, 0.3) is 0 Å². The van der Waals surface area contributed by atoms with E-state index >= 15 is 0 Å². The number of sulfone groups is 1. The number of nitrogens with two attached hydrogens (primary N) is 1. The minimum Gasteiger partial charge on any atom is -0.387 e. The van der Waals surface area contributed by atoms with Gasteiger partial charge >= 0.3 is 0 Å². The third kappa shape index (κ3) is 5.39. The van der Waals surface area contributed by atoms with E-state index in [-0.39, 0.29) is 11.8 Å². The minimum absolute atomic E-state index is 0.136. The van der Waals surface area contributed by atoms with E-state index in [2.05, 4.69) is 0 Å². The Balaban J connectivity index is 2.77. The standard InChI is InChI=1S/C15H26N2O3S/c1-4-11-21(19,20)13-7-5-12(6-8-13)15(18)14(16)9-10-17(2)3/h5-8,14-15,18H,4,9-11,16H2,1-3H3. The lowest BCUT2D eigenvalue weighted by Gasteiger charge is -2.21. The molecule has 2 unspecified atom stereocenters. The Labute approximate surface area is 127 Å². The van der Waals surface area contributed by atoms with E-state index in [9.17, 15) is 13.5 Å². The maximum absolute atomic E-state index is 11.9. The summed E-state index contributed by atoms with van der Waals surface area (Å²) < 4.78 is 23.9. The average molecular weight is 314 g/mol. The van der Waals surface area contributed by atoms with Gasteiger partial charge in [-0.2, -0.15) is 0 Å². The molecule has 1 aromatic carbocycles. The van der Waals surface area contributed by atoms with E-state index in [1.807, 2.05) is 25.9 Å². The van der Waals surface area contributed by atoms with Crippen LogP contribution in [0.5, 0.6) is 0 Å². The van der Waals surface area contributed by atoms with Crippen LogP contribution in [0, 0.1) is 0 Å². The van der Waals surface area contributed by atoms with Crippen LogP contribution in [0.25, 0.3) is 0 Å². The fourth-order valence-corrected chi connectivity index (χ4v) is 3.40. The molecule has 0 aliphatic heterocycles. The summed E-state index contributed by atoms with van der Waals surface area (Å²) in [5.41, 5.74) is 6.62. The first kappa shape index (κ1) is 18.1. The van der Waals surface area contributed by atoms with Gasteiger partial charge in [-0.3, -0.25) is 0 Å². The van der Waals surface area contributed by atoms with Gasteiger partial charge < -0.3 is 15.7 Å². The average Bonchev–Trinajstić information content (AvgIpc) is 2.44. The van der Waals surface area contributed by atoms with Crippen molar-refractivity contribution in [3.63, 3.8) is 0 Å². The highest BCUT2D eigenvalue weighted by Gasteiger charge is 2.18. The van der Waals surface area contributed by atoms with Crippen molar-refractivity contribution in [1.82, 2.24) is 4.90 Å². The summed E-state index contributed by atoms with van der Waals surface area (Å²) in [6.45, 7) is 2.63. The maximum Gasteiger partial charge on any atom is 0.178 e. The second-order valence-electron chi connectivity index (χ2n) is 5.59. The van der Waals surface area contributed by atoms with Crippen molar-refractivity contribution < 1.29 is 13.5 Å². The van der Waals surface area contributed by atoms with Gasteiger partial charge in [0.1, 0.15) is 0 Å². The molecule has 0 radical (unpaired) electrons. The largest absolute Gasteiger partial charge is 0.387 e. The molecule has 0 fully saturated rings. The van der Waals surface area contributed by atoms with E-state index in [0.717, 1.165) is 6.54 Å². The lowest BCUT2D eigenvalue weighted by molar-refractivity contribution is 0.137. The minimum atomic E-state index is -3.21. The van der Waals surface area contributed by atoms with Crippen molar-refractivity contribution in [2.75, 3.05) is 26.4 Å². The monoisotopic (exact) mass is 314 g/mol. The van der Waals surface area contributed by atoms with Crippen LogP contribution in [-0.2, 0) is 9.84 Å². The number of aliphatic hydroxyl groups excluding tert-OH is 1. The molecule has 0 saturated heterocycles. The van der Waals surface area contributed by atoms with E-state index in [0.29, 0.717) is 23.3 Å². The Bertz CT molecular complexity index is 526. The zero-order valence-electron chi connectivity index (χ0n) is 13.0. The smallest absolute Gasteiger partial charge is 0.178 e. The van der Waals surface area contributed by atoms with Crippen LogP contribution < -0.4 is 5.73 Å². The summed E-state index contributed by atoms with van der Waals surface area (Å²) >= 11 is 0. The van der Waals surface area contributed by atoms with Crippen molar-refractivity contribution in [3.05, 3.63) is 29.8 Å². The SMILES string of the molecule is CCCS(=O)(=O)c1ccc(C(O)C(N)CCN(C)C)cc1. The highest BCUT2D eigenvalue weighted by Crippen LogP contribution is 2.20. The zero-order chi connectivity index (χ0) is 16.0. The maximum atomic E-state index is 11.9. The highest BCUT2D eigenvalue weighted by atomic mass is 32.2. The van der Waals surface area contributed by atoms with E-state index < -0.39 is 15.9 Å². The molecule has 120 valence electrons. The molecule has 0 heterocycles. The van der Waals surface area contributed by atoms with Crippen molar-refractivity contribution >= 4 is 9.84 Å². The first-order valence-corrected chi connectivity index (χ1v) is 8.84. The van der Waals surface area contributed by atoms with Gasteiger partial charge in [-0.05, 0) is 51.2 Å². The van der Waals surface area contributed by atoms with Crippen molar-refractivity contribution in [1.29, 1.82) is 0 Å². The summed E-state index contributed by atoms with van der Waals surface area (Å²) in [7, 11) is 0.688. The fraction of sp³-hybridized carbons (Fsp3) is 0.600. The van der Waals surface area contributed by atoms with Gasteiger partial charge in [-0.25, -0.2) is 8.42 Å². The summed E-state index contributed by atoms with van der Waals surface area (Å²) in [4.78, 5) is 2.30. The number of hydrogen-bond donors (Lipinski definition) is 2. The molecule has 0 aliphatic carbocycles. The number of benzene rings is 1. The van der Waals surface area contributed by atoms with Gasteiger partial charge in [0.05, 0.1) is 16.8 Å². The number of rotatable bonds is 8. The van der Waals surface area contributed by atoms with Crippen LogP contribution in [0.1, 0.15) is 31.4 Å². The number of hydrogen-bond acceptors (Lipinski definition) is 5. The summed E-state index contributed by atoms with van der Waals surface area (Å²) in [6.07, 6.45) is 0.472. The predicted molar refractivity (Wildman–Crippen MR) is 84.9 cm³/mol. The second kappa shape index (κ2) is 7.89. The quantitative estimate of drug-likeness (QED) is 0.753. The lowest BCUT2D eigenvalue weighted by Crippen LogP contribution is -2.32. The summed E-state index contributed by atoms with van der Waals surface area (Å²) in [6, 6.07) is 6.00. The Morgan fingerprint density at radius 3 is 2.29 bits per heavy atom. The molecule has 0 bridgehead atoms. The third-order valence-electron chi connectivity index (χ3n) is 3.37. The van der Waals surface area contributed by atoms with E-state index in [1.165, 1.54) is 0 Å². The molecular formula is C15H26N2O3S. The molecule has 2 atom stereocenters. The molecule has 5 nitrogen and oxygen atoms in total. The molecule has 6 heteroatoms. The van der Waals surface area contributed by atoms with Crippen LogP contribution >= 0.6 is 0 Å². The zero-order valence-corrected chi connectivity index (χ0v) is 13.8. The van der Waals surface area contributed by atoms with Crippen LogP contribution in [0.2, 0.25) is 0 Å². The topological polar surface area (TPSA) is 83.6 Å². The van der Waals surface area contributed by atoms with Crippen LogP contribution in [0.15, 0.2) is 29.2 Å². The van der Waals surface area contributed by atoms with Crippen molar-refractivity contribution in [2.45, 2.75) is 36.8 Å². The summed E-state index contributed by atoms with van der Waals surface area (Å²) in [5, 5.41) is 10.2. The Morgan fingerprint density at radius 1 is 1.24 bits per heavy atom. The van der Waals surface area contributed by atoms with Crippen LogP contribution in [0.4, 0.5) is 0 Å². The number of nitrogens with zero attached hydrogens (tertiary/aromatic N) is 1. The van der Waals surface area contributed by atoms with Crippen LogP contribution in [0.3, 0.4) is 0 Å². The molecule has 1 aromatic rings. The normalized spacial score (nSPS) is 15.1. The molecule has 0 saturated carbocycles. The Morgan fingerprint density at radius 2 is 1.81 bits per heavy atom. The lowest BCUT2D eigenvalue weighted by atomic mass is 10.0. The van der Waals surface area contributed by atoms with Crippen molar-refractivity contribution in [3.8, 4) is 0 Å². The first-order chi connectivity index (χ1) is 9.77. The van der Waals surface area contributed by atoms with Crippen molar-refractivity contribution in [2.24, 2.45) is 5.73 Å². The molecule has 0 aromatic heterocycles. The van der Waals surface area contributed by atoms with E-state index in [1.54, 1.807) is 24.3 Å². The molecule has 0 spiro atoms. The fourth-order valence-electron chi connectivity index (χ4n) is 2.07. The first-order valence-electron chi connectivity index (χ1n) is 7.19. The molecule has 0 amide bonds. The Hall–Kier alpha value is -0.950. The molecule has 21 heavy (non-hydrogen) atoms.